The first-order valence-electron chi connectivity index (χ1n) is 8.71. The highest BCUT2D eigenvalue weighted by atomic mass is 79.9. The number of benzene rings is 1. The van der Waals surface area contributed by atoms with Gasteiger partial charge in [-0.3, -0.25) is 14.4 Å². The van der Waals surface area contributed by atoms with Gasteiger partial charge < -0.3 is 16.4 Å². The maximum Gasteiger partial charge on any atom is 0.261 e. The number of nitrogens with two attached hydrogens (primary N) is 1. The average molecular weight is 485 g/mol. The van der Waals surface area contributed by atoms with Crippen molar-refractivity contribution < 1.29 is 14.4 Å². The summed E-state index contributed by atoms with van der Waals surface area (Å²) in [4.78, 5) is 36.5. The number of halogens is 2. The molecule has 1 aliphatic carbocycles. The van der Waals surface area contributed by atoms with Gasteiger partial charge in [0, 0.05) is 17.6 Å². The van der Waals surface area contributed by atoms with Crippen molar-refractivity contribution in [2.24, 2.45) is 11.1 Å². The standard InChI is InChI=1S/C19H19BrClN3O3S/c20-13-8-14(28-15(13)21)16(25)23-9-11-2-4-12(5-3-11)10-24-18(27)19(17(22)26)6-1-7-19/h2-5,8H,1,6-7,9-10H2,(H2,22,26)(H,23,25)(H,24,27). The van der Waals surface area contributed by atoms with Crippen LogP contribution in [-0.2, 0) is 22.7 Å². The SMILES string of the molecule is NC(=O)C1(C(=O)NCc2ccc(CNC(=O)c3cc(Br)c(Cl)s3)cc2)CCC1. The fourth-order valence-electron chi connectivity index (χ4n) is 2.97. The number of nitrogens with one attached hydrogen (secondary N) is 2. The lowest BCUT2D eigenvalue weighted by atomic mass is 9.67. The zero-order valence-electron chi connectivity index (χ0n) is 14.9. The van der Waals surface area contributed by atoms with Gasteiger partial charge in [-0.05, 0) is 46.0 Å². The molecule has 0 unspecified atom stereocenters. The van der Waals surface area contributed by atoms with Crippen LogP contribution in [0.15, 0.2) is 34.8 Å². The molecular formula is C19H19BrClN3O3S. The molecule has 3 amide bonds. The Hall–Kier alpha value is -1.90. The molecule has 0 aliphatic heterocycles. The fraction of sp³-hybridized carbons (Fsp3) is 0.316. The molecule has 4 N–H and O–H groups in total. The van der Waals surface area contributed by atoms with Gasteiger partial charge >= 0.3 is 0 Å². The predicted molar refractivity (Wildman–Crippen MR) is 112 cm³/mol. The lowest BCUT2D eigenvalue weighted by Gasteiger charge is -2.36. The van der Waals surface area contributed by atoms with Gasteiger partial charge in [0.15, 0.2) is 0 Å². The third-order valence-electron chi connectivity index (χ3n) is 4.91. The van der Waals surface area contributed by atoms with E-state index in [0.29, 0.717) is 39.6 Å². The average Bonchev–Trinajstić information content (AvgIpc) is 2.96. The van der Waals surface area contributed by atoms with Crippen molar-refractivity contribution in [2.45, 2.75) is 32.4 Å². The second kappa shape index (κ2) is 8.63. The normalized spacial score (nSPS) is 14.8. The van der Waals surface area contributed by atoms with Crippen molar-refractivity contribution in [2.75, 3.05) is 0 Å². The Bertz CT molecular complexity index is 890. The highest BCUT2D eigenvalue weighted by molar-refractivity contribution is 9.10. The van der Waals surface area contributed by atoms with Crippen LogP contribution < -0.4 is 16.4 Å². The van der Waals surface area contributed by atoms with Crippen LogP contribution in [0.5, 0.6) is 0 Å². The van der Waals surface area contributed by atoms with Crippen molar-refractivity contribution in [3.63, 3.8) is 0 Å². The molecule has 1 aromatic carbocycles. The van der Waals surface area contributed by atoms with E-state index < -0.39 is 11.3 Å². The molecule has 0 spiro atoms. The third kappa shape index (κ3) is 4.39. The van der Waals surface area contributed by atoms with Crippen molar-refractivity contribution >= 4 is 56.6 Å². The molecule has 0 radical (unpaired) electrons. The van der Waals surface area contributed by atoms with Crippen molar-refractivity contribution in [1.29, 1.82) is 0 Å². The molecule has 148 valence electrons. The molecule has 0 saturated heterocycles. The number of primary amides is 1. The molecule has 1 heterocycles. The van der Waals surface area contributed by atoms with Gasteiger partial charge in [0.2, 0.25) is 11.8 Å². The van der Waals surface area contributed by atoms with Crippen LogP contribution in [0.1, 0.15) is 40.1 Å². The Labute approximate surface area is 180 Å². The second-order valence-electron chi connectivity index (χ2n) is 6.71. The van der Waals surface area contributed by atoms with Crippen LogP contribution in [0, 0.1) is 5.41 Å². The molecule has 0 atom stereocenters. The minimum atomic E-state index is -1.04. The molecular weight excluding hydrogens is 466 g/mol. The number of hydrogen-bond acceptors (Lipinski definition) is 4. The summed E-state index contributed by atoms with van der Waals surface area (Å²) in [7, 11) is 0. The summed E-state index contributed by atoms with van der Waals surface area (Å²) in [6.07, 6.45) is 1.86. The Morgan fingerprint density at radius 3 is 2.11 bits per heavy atom. The zero-order chi connectivity index (χ0) is 20.3. The van der Waals surface area contributed by atoms with E-state index >= 15 is 0 Å². The monoisotopic (exact) mass is 483 g/mol. The van der Waals surface area contributed by atoms with Crippen LogP contribution in [-0.4, -0.2) is 17.7 Å². The summed E-state index contributed by atoms with van der Waals surface area (Å²) in [5.41, 5.74) is 6.18. The van der Waals surface area contributed by atoms with E-state index in [2.05, 4.69) is 26.6 Å². The van der Waals surface area contributed by atoms with E-state index in [1.54, 1.807) is 6.07 Å². The Morgan fingerprint density at radius 1 is 1.11 bits per heavy atom. The van der Waals surface area contributed by atoms with Gasteiger partial charge in [0.25, 0.3) is 5.91 Å². The highest BCUT2D eigenvalue weighted by Gasteiger charge is 2.49. The molecule has 3 rings (SSSR count). The van der Waals surface area contributed by atoms with Gasteiger partial charge in [0.05, 0.1) is 4.88 Å². The molecule has 1 aromatic heterocycles. The Morgan fingerprint density at radius 2 is 1.68 bits per heavy atom. The molecule has 1 fully saturated rings. The number of thiophene rings is 1. The summed E-state index contributed by atoms with van der Waals surface area (Å²) < 4.78 is 1.24. The topological polar surface area (TPSA) is 101 Å². The van der Waals surface area contributed by atoms with E-state index in [1.165, 1.54) is 11.3 Å². The number of carbonyl (C=O) groups is 3. The smallest absolute Gasteiger partial charge is 0.261 e. The van der Waals surface area contributed by atoms with Gasteiger partial charge in [-0.2, -0.15) is 0 Å². The summed E-state index contributed by atoms with van der Waals surface area (Å²) in [6.45, 7) is 0.700. The molecule has 2 aromatic rings. The fourth-order valence-corrected chi connectivity index (χ4v) is 4.59. The van der Waals surface area contributed by atoms with Crippen LogP contribution in [0.25, 0.3) is 0 Å². The number of hydrogen-bond donors (Lipinski definition) is 3. The predicted octanol–water partition coefficient (Wildman–Crippen LogP) is 3.37. The van der Waals surface area contributed by atoms with Crippen molar-refractivity contribution in [3.8, 4) is 0 Å². The maximum atomic E-state index is 12.3. The quantitative estimate of drug-likeness (QED) is 0.525. The number of rotatable bonds is 7. The van der Waals surface area contributed by atoms with E-state index in [9.17, 15) is 14.4 Å². The molecule has 6 nitrogen and oxygen atoms in total. The number of amides is 3. The van der Waals surface area contributed by atoms with E-state index in [0.717, 1.165) is 17.5 Å². The largest absolute Gasteiger partial charge is 0.369 e. The van der Waals surface area contributed by atoms with Gasteiger partial charge in [-0.15, -0.1) is 11.3 Å². The molecule has 1 aliphatic rings. The van der Waals surface area contributed by atoms with Crippen LogP contribution in [0.4, 0.5) is 0 Å². The van der Waals surface area contributed by atoms with E-state index in [1.807, 2.05) is 24.3 Å². The first kappa shape index (κ1) is 20.8. The molecule has 9 heteroatoms. The summed E-state index contributed by atoms with van der Waals surface area (Å²) >= 11 is 10.5. The molecule has 1 saturated carbocycles. The summed E-state index contributed by atoms with van der Waals surface area (Å²) in [5, 5.41) is 5.64. The van der Waals surface area contributed by atoms with Crippen molar-refractivity contribution in [3.05, 3.63) is 55.1 Å². The summed E-state index contributed by atoms with van der Waals surface area (Å²) in [5.74, 6) is -1.05. The van der Waals surface area contributed by atoms with Crippen LogP contribution >= 0.6 is 38.9 Å². The minimum Gasteiger partial charge on any atom is -0.369 e. The van der Waals surface area contributed by atoms with Crippen LogP contribution in [0.3, 0.4) is 0 Å². The van der Waals surface area contributed by atoms with Crippen LogP contribution in [0.2, 0.25) is 4.34 Å². The second-order valence-corrected chi connectivity index (χ2v) is 9.22. The van der Waals surface area contributed by atoms with Crippen molar-refractivity contribution in [1.82, 2.24) is 10.6 Å². The van der Waals surface area contributed by atoms with Gasteiger partial charge in [0.1, 0.15) is 9.75 Å². The van der Waals surface area contributed by atoms with Gasteiger partial charge in [-0.25, -0.2) is 0 Å². The molecule has 0 bridgehead atoms. The Balaban J connectivity index is 1.50. The Kier molecular flexibility index (Phi) is 6.42. The maximum absolute atomic E-state index is 12.3. The first-order chi connectivity index (χ1) is 13.3. The zero-order valence-corrected chi connectivity index (χ0v) is 18.0. The lowest BCUT2D eigenvalue weighted by molar-refractivity contribution is -0.147. The van der Waals surface area contributed by atoms with E-state index in [-0.39, 0.29) is 11.8 Å². The van der Waals surface area contributed by atoms with Gasteiger partial charge in [-0.1, -0.05) is 42.3 Å². The van der Waals surface area contributed by atoms with E-state index in [4.69, 9.17) is 17.3 Å². The lowest BCUT2D eigenvalue weighted by Crippen LogP contribution is -2.53. The third-order valence-corrected chi connectivity index (χ3v) is 7.38. The first-order valence-corrected chi connectivity index (χ1v) is 10.7. The molecule has 28 heavy (non-hydrogen) atoms. The highest BCUT2D eigenvalue weighted by Crippen LogP contribution is 2.40. The number of carbonyl (C=O) groups excluding carboxylic acids is 3. The minimum absolute atomic E-state index is 0.189. The summed E-state index contributed by atoms with van der Waals surface area (Å²) in [6, 6.07) is 9.20.